The van der Waals surface area contributed by atoms with Gasteiger partial charge in [0.25, 0.3) is 0 Å². The molecule has 0 spiro atoms. The molecule has 1 aromatic carbocycles. The van der Waals surface area contributed by atoms with E-state index < -0.39 is 0 Å². The van der Waals surface area contributed by atoms with Gasteiger partial charge in [-0.1, -0.05) is 17.7 Å². The molecule has 0 heterocycles. The van der Waals surface area contributed by atoms with Crippen LogP contribution >= 0.6 is 0 Å². The molecule has 70 valence electrons. The van der Waals surface area contributed by atoms with E-state index in [0.717, 1.165) is 18.6 Å². The first-order chi connectivity index (χ1) is 6.24. The fourth-order valence-electron chi connectivity index (χ4n) is 1.29. The van der Waals surface area contributed by atoms with Crippen LogP contribution in [0.15, 0.2) is 24.3 Å². The maximum absolute atomic E-state index is 9.05. The maximum Gasteiger partial charge on any atom is 0.132 e. The summed E-state index contributed by atoms with van der Waals surface area (Å²) in [6, 6.07) is 7.93. The van der Waals surface area contributed by atoms with Crippen molar-refractivity contribution in [1.82, 2.24) is 0 Å². The van der Waals surface area contributed by atoms with E-state index in [0.29, 0.717) is 0 Å². The summed E-state index contributed by atoms with van der Waals surface area (Å²) in [6.45, 7) is 2.17. The van der Waals surface area contributed by atoms with Gasteiger partial charge in [-0.2, -0.15) is 0 Å². The summed E-state index contributed by atoms with van der Waals surface area (Å²) >= 11 is 0. The first-order valence-corrected chi connectivity index (χ1v) is 4.61. The van der Waals surface area contributed by atoms with Crippen molar-refractivity contribution >= 4 is 0 Å². The molecule has 0 aliphatic heterocycles. The van der Waals surface area contributed by atoms with Gasteiger partial charge in [0.2, 0.25) is 0 Å². The van der Waals surface area contributed by atoms with Gasteiger partial charge in [0.1, 0.15) is 11.4 Å². The third-order valence-corrected chi connectivity index (χ3v) is 2.45. The Morgan fingerprint density at radius 3 is 2.38 bits per heavy atom. The van der Waals surface area contributed by atoms with Crippen molar-refractivity contribution in [2.45, 2.75) is 25.4 Å². The molecule has 0 aromatic heterocycles. The zero-order valence-electron chi connectivity index (χ0n) is 7.79. The van der Waals surface area contributed by atoms with Crippen LogP contribution in [0.25, 0.3) is 0 Å². The van der Waals surface area contributed by atoms with Crippen molar-refractivity contribution in [2.24, 2.45) is 0 Å². The van der Waals surface area contributed by atoms with Crippen molar-refractivity contribution < 1.29 is 9.84 Å². The largest absolute Gasteiger partial charge is 0.485 e. The third kappa shape index (κ3) is 1.83. The van der Waals surface area contributed by atoms with Gasteiger partial charge in [-0.3, -0.25) is 0 Å². The topological polar surface area (TPSA) is 29.5 Å². The number of rotatable bonds is 3. The SMILES string of the molecule is Cc1ccc(OC2(CO)CC2)cc1. The highest BCUT2D eigenvalue weighted by atomic mass is 16.5. The van der Waals surface area contributed by atoms with Crippen LogP contribution in [-0.4, -0.2) is 17.3 Å². The fraction of sp³-hybridized carbons (Fsp3) is 0.455. The molecule has 0 saturated heterocycles. The lowest BCUT2D eigenvalue weighted by molar-refractivity contribution is 0.0953. The molecule has 2 heteroatoms. The highest BCUT2D eigenvalue weighted by molar-refractivity contribution is 5.27. The molecular weight excluding hydrogens is 164 g/mol. The van der Waals surface area contributed by atoms with Gasteiger partial charge >= 0.3 is 0 Å². The number of ether oxygens (including phenoxy) is 1. The molecular formula is C11H14O2. The minimum atomic E-state index is -0.255. The Balaban J connectivity index is 2.06. The highest BCUT2D eigenvalue weighted by Gasteiger charge is 2.44. The molecule has 0 unspecified atom stereocenters. The predicted octanol–water partition coefficient (Wildman–Crippen LogP) is 1.90. The molecule has 0 radical (unpaired) electrons. The molecule has 0 bridgehead atoms. The lowest BCUT2D eigenvalue weighted by atomic mass is 10.2. The van der Waals surface area contributed by atoms with Crippen molar-refractivity contribution in [2.75, 3.05) is 6.61 Å². The van der Waals surface area contributed by atoms with E-state index in [2.05, 4.69) is 0 Å². The second-order valence-corrected chi connectivity index (χ2v) is 3.76. The van der Waals surface area contributed by atoms with Gasteiger partial charge in [0, 0.05) is 0 Å². The van der Waals surface area contributed by atoms with Crippen molar-refractivity contribution in [1.29, 1.82) is 0 Å². The van der Waals surface area contributed by atoms with Gasteiger partial charge in [-0.15, -0.1) is 0 Å². The molecule has 1 fully saturated rings. The van der Waals surface area contributed by atoms with Crippen LogP contribution in [-0.2, 0) is 0 Å². The summed E-state index contributed by atoms with van der Waals surface area (Å²) in [6.07, 6.45) is 1.94. The van der Waals surface area contributed by atoms with Gasteiger partial charge in [-0.05, 0) is 31.9 Å². The van der Waals surface area contributed by atoms with Gasteiger partial charge in [-0.25, -0.2) is 0 Å². The smallest absolute Gasteiger partial charge is 0.132 e. The number of aryl methyl sites for hydroxylation is 1. The molecule has 2 nitrogen and oxygen atoms in total. The summed E-state index contributed by atoms with van der Waals surface area (Å²) in [7, 11) is 0. The summed E-state index contributed by atoms with van der Waals surface area (Å²) in [5.74, 6) is 0.858. The maximum atomic E-state index is 9.05. The van der Waals surface area contributed by atoms with E-state index in [4.69, 9.17) is 9.84 Å². The Bertz CT molecular complexity index is 285. The minimum Gasteiger partial charge on any atom is -0.485 e. The summed E-state index contributed by atoms with van der Waals surface area (Å²) in [4.78, 5) is 0. The first kappa shape index (κ1) is 8.57. The standard InChI is InChI=1S/C11H14O2/c1-9-2-4-10(5-3-9)13-11(8-12)6-7-11/h2-5,12H,6-8H2,1H3. The molecule has 2 rings (SSSR count). The van der Waals surface area contributed by atoms with Gasteiger partial charge in [0.15, 0.2) is 0 Å². The van der Waals surface area contributed by atoms with E-state index >= 15 is 0 Å². The van der Waals surface area contributed by atoms with E-state index in [-0.39, 0.29) is 12.2 Å². The van der Waals surface area contributed by atoms with E-state index in [1.807, 2.05) is 31.2 Å². The molecule has 1 saturated carbocycles. The van der Waals surface area contributed by atoms with Crippen molar-refractivity contribution in [3.05, 3.63) is 29.8 Å². The number of aliphatic hydroxyl groups excluding tert-OH is 1. The quantitative estimate of drug-likeness (QED) is 0.766. The van der Waals surface area contributed by atoms with Gasteiger partial charge < -0.3 is 9.84 Å². The molecule has 0 amide bonds. The highest BCUT2D eigenvalue weighted by Crippen LogP contribution is 2.39. The molecule has 13 heavy (non-hydrogen) atoms. The summed E-state index contributed by atoms with van der Waals surface area (Å²) in [5, 5.41) is 9.05. The zero-order chi connectivity index (χ0) is 9.31. The second-order valence-electron chi connectivity index (χ2n) is 3.76. The number of aliphatic hydroxyl groups is 1. The Kier molecular flexibility index (Phi) is 2.00. The normalized spacial score (nSPS) is 18.3. The minimum absolute atomic E-state index is 0.126. The number of hydrogen-bond donors (Lipinski definition) is 1. The first-order valence-electron chi connectivity index (χ1n) is 4.61. The van der Waals surface area contributed by atoms with E-state index in [9.17, 15) is 0 Å². The van der Waals surface area contributed by atoms with Crippen LogP contribution in [0.1, 0.15) is 18.4 Å². The van der Waals surface area contributed by atoms with Crippen molar-refractivity contribution in [3.8, 4) is 5.75 Å². The monoisotopic (exact) mass is 178 g/mol. The lowest BCUT2D eigenvalue weighted by Crippen LogP contribution is -2.22. The molecule has 1 N–H and O–H groups in total. The van der Waals surface area contributed by atoms with Crippen LogP contribution in [0.5, 0.6) is 5.75 Å². The Morgan fingerprint density at radius 1 is 1.31 bits per heavy atom. The van der Waals surface area contributed by atoms with E-state index in [1.54, 1.807) is 0 Å². The molecule has 1 aromatic rings. The molecule has 1 aliphatic rings. The van der Waals surface area contributed by atoms with Crippen LogP contribution in [0, 0.1) is 6.92 Å². The van der Waals surface area contributed by atoms with Crippen molar-refractivity contribution in [3.63, 3.8) is 0 Å². The predicted molar refractivity (Wildman–Crippen MR) is 50.9 cm³/mol. The Hall–Kier alpha value is -1.02. The second kappa shape index (κ2) is 3.04. The lowest BCUT2D eigenvalue weighted by Gasteiger charge is -2.14. The van der Waals surface area contributed by atoms with Crippen LogP contribution in [0.4, 0.5) is 0 Å². The summed E-state index contributed by atoms with van der Waals surface area (Å²) in [5.41, 5.74) is 0.969. The fourth-order valence-corrected chi connectivity index (χ4v) is 1.29. The summed E-state index contributed by atoms with van der Waals surface area (Å²) < 4.78 is 5.67. The molecule has 1 aliphatic carbocycles. The van der Waals surface area contributed by atoms with Crippen LogP contribution in [0.3, 0.4) is 0 Å². The number of hydrogen-bond acceptors (Lipinski definition) is 2. The number of benzene rings is 1. The van der Waals surface area contributed by atoms with E-state index in [1.165, 1.54) is 5.56 Å². The Morgan fingerprint density at radius 2 is 1.92 bits per heavy atom. The van der Waals surface area contributed by atoms with Gasteiger partial charge in [0.05, 0.1) is 6.61 Å². The average molecular weight is 178 g/mol. The van der Waals surface area contributed by atoms with Crippen LogP contribution in [0.2, 0.25) is 0 Å². The zero-order valence-corrected chi connectivity index (χ0v) is 7.79. The van der Waals surface area contributed by atoms with Crippen LogP contribution < -0.4 is 4.74 Å². The molecule has 0 atom stereocenters. The average Bonchev–Trinajstić information content (AvgIpc) is 2.90. The third-order valence-electron chi connectivity index (χ3n) is 2.45. The Labute approximate surface area is 78.2 Å².